The third-order valence-electron chi connectivity index (χ3n) is 5.72. The second kappa shape index (κ2) is 7.74. The first kappa shape index (κ1) is 19.6. The summed E-state index contributed by atoms with van der Waals surface area (Å²) in [6, 6.07) is 23.0. The summed E-state index contributed by atoms with van der Waals surface area (Å²) in [5.74, 6) is 0.159. The van der Waals surface area contributed by atoms with E-state index in [0.29, 0.717) is 18.0 Å². The van der Waals surface area contributed by atoms with Crippen LogP contribution in [-0.4, -0.2) is 33.5 Å². The largest absolute Gasteiger partial charge is 0.476 e. The normalized spacial score (nSPS) is 18.0. The lowest BCUT2D eigenvalue weighted by Gasteiger charge is -2.38. The molecule has 0 saturated carbocycles. The SMILES string of the molecule is O=C([C@H]1CN(S(=O)(=O)c2ccccc2)c2ccccc2O1)N1CCCc2ccccc21. The average molecular weight is 435 g/mol. The first-order valence-electron chi connectivity index (χ1n) is 10.3. The molecule has 1 amide bonds. The summed E-state index contributed by atoms with van der Waals surface area (Å²) in [6.45, 7) is 0.508. The van der Waals surface area contributed by atoms with E-state index in [1.165, 1.54) is 4.31 Å². The van der Waals surface area contributed by atoms with E-state index in [0.717, 1.165) is 24.1 Å². The fourth-order valence-electron chi connectivity index (χ4n) is 4.21. The Hall–Kier alpha value is -3.32. The van der Waals surface area contributed by atoms with E-state index in [4.69, 9.17) is 4.74 Å². The van der Waals surface area contributed by atoms with Crippen molar-refractivity contribution in [3.8, 4) is 5.75 Å². The third kappa shape index (κ3) is 3.45. The van der Waals surface area contributed by atoms with Gasteiger partial charge >= 0.3 is 0 Å². The van der Waals surface area contributed by atoms with E-state index in [9.17, 15) is 13.2 Å². The maximum atomic E-state index is 13.5. The van der Waals surface area contributed by atoms with Gasteiger partial charge in [0.1, 0.15) is 5.75 Å². The Morgan fingerprint density at radius 1 is 0.871 bits per heavy atom. The van der Waals surface area contributed by atoms with E-state index < -0.39 is 16.1 Å². The minimum absolute atomic E-state index is 0.0776. The highest BCUT2D eigenvalue weighted by Gasteiger charge is 2.39. The van der Waals surface area contributed by atoms with Gasteiger partial charge in [-0.25, -0.2) is 8.42 Å². The number of nitrogens with zero attached hydrogens (tertiary/aromatic N) is 2. The number of carbonyl (C=O) groups is 1. The lowest BCUT2D eigenvalue weighted by atomic mass is 10.0. The number of aryl methyl sites for hydroxylation is 1. The zero-order chi connectivity index (χ0) is 21.4. The quantitative estimate of drug-likeness (QED) is 0.632. The molecule has 0 N–H and O–H groups in total. The Labute approximate surface area is 181 Å². The molecule has 0 radical (unpaired) electrons. The topological polar surface area (TPSA) is 66.9 Å². The Balaban J connectivity index is 1.52. The van der Waals surface area contributed by atoms with Gasteiger partial charge in [0.05, 0.1) is 17.1 Å². The molecule has 31 heavy (non-hydrogen) atoms. The summed E-state index contributed by atoms with van der Waals surface area (Å²) in [7, 11) is -3.85. The molecule has 7 heteroatoms. The van der Waals surface area contributed by atoms with Crippen LogP contribution >= 0.6 is 0 Å². The second-order valence-electron chi connectivity index (χ2n) is 7.65. The van der Waals surface area contributed by atoms with Crippen molar-refractivity contribution in [2.75, 3.05) is 22.3 Å². The van der Waals surface area contributed by atoms with Crippen LogP contribution in [0.15, 0.2) is 83.8 Å². The van der Waals surface area contributed by atoms with Crippen LogP contribution in [0.5, 0.6) is 5.75 Å². The van der Waals surface area contributed by atoms with Crippen molar-refractivity contribution in [1.29, 1.82) is 0 Å². The van der Waals surface area contributed by atoms with Gasteiger partial charge in [0.25, 0.3) is 15.9 Å². The highest BCUT2D eigenvalue weighted by molar-refractivity contribution is 7.92. The fraction of sp³-hybridized carbons (Fsp3) is 0.208. The Morgan fingerprint density at radius 3 is 2.35 bits per heavy atom. The molecule has 2 heterocycles. The molecular weight excluding hydrogens is 412 g/mol. The molecular formula is C24H22N2O4S. The molecule has 0 spiro atoms. The number of anilines is 2. The number of para-hydroxylation sites is 3. The van der Waals surface area contributed by atoms with Gasteiger partial charge in [-0.1, -0.05) is 48.5 Å². The summed E-state index contributed by atoms with van der Waals surface area (Å²) in [5, 5.41) is 0. The number of ether oxygens (including phenoxy) is 1. The minimum Gasteiger partial charge on any atom is -0.476 e. The lowest BCUT2D eigenvalue weighted by Crippen LogP contribution is -2.52. The van der Waals surface area contributed by atoms with Crippen molar-refractivity contribution < 1.29 is 17.9 Å². The molecule has 0 bridgehead atoms. The van der Waals surface area contributed by atoms with Crippen LogP contribution in [0.25, 0.3) is 0 Å². The summed E-state index contributed by atoms with van der Waals surface area (Å²) < 4.78 is 34.2. The molecule has 0 unspecified atom stereocenters. The minimum atomic E-state index is -3.85. The number of hydrogen-bond donors (Lipinski definition) is 0. The standard InChI is InChI=1S/C24H22N2O4S/c27-24(25-16-8-10-18-9-4-5-13-20(18)25)23-17-26(21-14-6-7-15-22(21)30-23)31(28,29)19-11-2-1-3-12-19/h1-7,9,11-15,23H,8,10,16-17H2/t23-/m1/s1. The molecule has 1 atom stereocenters. The van der Waals surface area contributed by atoms with Gasteiger partial charge in [0.15, 0.2) is 6.10 Å². The van der Waals surface area contributed by atoms with Crippen LogP contribution in [0.4, 0.5) is 11.4 Å². The highest BCUT2D eigenvalue weighted by atomic mass is 32.2. The van der Waals surface area contributed by atoms with Crippen molar-refractivity contribution in [3.05, 3.63) is 84.4 Å². The van der Waals surface area contributed by atoms with E-state index in [1.807, 2.05) is 24.3 Å². The van der Waals surface area contributed by atoms with Crippen LogP contribution < -0.4 is 13.9 Å². The van der Waals surface area contributed by atoms with Crippen LogP contribution in [-0.2, 0) is 21.2 Å². The van der Waals surface area contributed by atoms with E-state index in [-0.39, 0.29) is 17.3 Å². The molecule has 6 nitrogen and oxygen atoms in total. The fourth-order valence-corrected chi connectivity index (χ4v) is 5.71. The predicted molar refractivity (Wildman–Crippen MR) is 119 cm³/mol. The molecule has 5 rings (SSSR count). The molecule has 158 valence electrons. The highest BCUT2D eigenvalue weighted by Crippen LogP contribution is 2.38. The van der Waals surface area contributed by atoms with Crippen molar-refractivity contribution in [3.63, 3.8) is 0 Å². The summed E-state index contributed by atoms with van der Waals surface area (Å²) in [6.07, 6.45) is 0.848. The van der Waals surface area contributed by atoms with E-state index in [2.05, 4.69) is 0 Å². The monoisotopic (exact) mass is 434 g/mol. The number of amides is 1. The van der Waals surface area contributed by atoms with Gasteiger partial charge in [0.2, 0.25) is 0 Å². The van der Waals surface area contributed by atoms with Gasteiger partial charge < -0.3 is 9.64 Å². The average Bonchev–Trinajstić information content (AvgIpc) is 2.83. The third-order valence-corrected chi connectivity index (χ3v) is 7.51. The molecule has 3 aromatic rings. The maximum absolute atomic E-state index is 13.5. The number of sulfonamides is 1. The van der Waals surface area contributed by atoms with E-state index >= 15 is 0 Å². The maximum Gasteiger partial charge on any atom is 0.269 e. The van der Waals surface area contributed by atoms with Gasteiger partial charge in [-0.3, -0.25) is 9.10 Å². The number of hydrogen-bond acceptors (Lipinski definition) is 4. The van der Waals surface area contributed by atoms with Crippen molar-refractivity contribution in [1.82, 2.24) is 0 Å². The van der Waals surface area contributed by atoms with Crippen LogP contribution in [0.2, 0.25) is 0 Å². The summed E-state index contributed by atoms with van der Waals surface area (Å²) >= 11 is 0. The zero-order valence-electron chi connectivity index (χ0n) is 16.8. The first-order valence-corrected chi connectivity index (χ1v) is 11.7. The molecule has 2 aliphatic rings. The molecule has 0 aliphatic carbocycles. The van der Waals surface area contributed by atoms with Crippen molar-refractivity contribution in [2.24, 2.45) is 0 Å². The van der Waals surface area contributed by atoms with Gasteiger partial charge in [-0.15, -0.1) is 0 Å². The summed E-state index contributed by atoms with van der Waals surface area (Å²) in [5.41, 5.74) is 2.43. The number of rotatable bonds is 3. The van der Waals surface area contributed by atoms with Crippen LogP contribution in [0.1, 0.15) is 12.0 Å². The van der Waals surface area contributed by atoms with Crippen LogP contribution in [0, 0.1) is 0 Å². The number of carbonyl (C=O) groups excluding carboxylic acids is 1. The summed E-state index contributed by atoms with van der Waals surface area (Å²) in [4.78, 5) is 15.4. The zero-order valence-corrected chi connectivity index (χ0v) is 17.7. The van der Waals surface area contributed by atoms with Gasteiger partial charge in [-0.05, 0) is 48.7 Å². The number of fused-ring (bicyclic) bond motifs is 2. The van der Waals surface area contributed by atoms with Crippen molar-refractivity contribution in [2.45, 2.75) is 23.8 Å². The Kier molecular flexibility index (Phi) is 4.90. The smallest absolute Gasteiger partial charge is 0.269 e. The molecule has 0 saturated heterocycles. The molecule has 0 fully saturated rings. The molecule has 2 aliphatic heterocycles. The number of benzene rings is 3. The Morgan fingerprint density at radius 2 is 1.55 bits per heavy atom. The van der Waals surface area contributed by atoms with Crippen LogP contribution in [0.3, 0.4) is 0 Å². The van der Waals surface area contributed by atoms with E-state index in [1.54, 1.807) is 59.5 Å². The Bertz CT molecular complexity index is 1230. The second-order valence-corrected chi connectivity index (χ2v) is 9.51. The van der Waals surface area contributed by atoms with Gasteiger partial charge in [-0.2, -0.15) is 0 Å². The first-order chi connectivity index (χ1) is 15.1. The van der Waals surface area contributed by atoms with Gasteiger partial charge in [0, 0.05) is 12.2 Å². The molecule has 3 aromatic carbocycles. The van der Waals surface area contributed by atoms with Crippen molar-refractivity contribution >= 4 is 27.3 Å². The predicted octanol–water partition coefficient (Wildman–Crippen LogP) is 3.62. The molecule has 0 aromatic heterocycles. The lowest BCUT2D eigenvalue weighted by molar-refractivity contribution is -0.125.